The smallest absolute Gasteiger partial charge is 0.111 e. The van der Waals surface area contributed by atoms with Gasteiger partial charge < -0.3 is 4.98 Å². The van der Waals surface area contributed by atoms with E-state index in [1.807, 2.05) is 18.2 Å². The van der Waals surface area contributed by atoms with E-state index >= 15 is 0 Å². The van der Waals surface area contributed by atoms with E-state index in [9.17, 15) is 0 Å². The van der Waals surface area contributed by atoms with Crippen LogP contribution < -0.4 is 0 Å². The number of nitrogens with zero attached hydrogens (tertiary/aromatic N) is 3. The number of pyridine rings is 2. The Balaban J connectivity index is 1.95. The number of aromatic nitrogens is 4. The van der Waals surface area contributed by atoms with Crippen molar-refractivity contribution in [3.05, 3.63) is 54.4 Å². The quantitative estimate of drug-likeness (QED) is 0.703. The highest BCUT2D eigenvalue weighted by Crippen LogP contribution is 2.11. The van der Waals surface area contributed by atoms with Gasteiger partial charge >= 0.3 is 0 Å². The van der Waals surface area contributed by atoms with Gasteiger partial charge in [0.05, 0.1) is 17.2 Å². The van der Waals surface area contributed by atoms with Crippen LogP contribution in [0.4, 0.5) is 0 Å². The molecule has 0 aliphatic carbocycles. The van der Waals surface area contributed by atoms with Gasteiger partial charge in [-0.25, -0.2) is 4.98 Å². The Bertz CT molecular complexity index is 567. The number of aromatic amines is 1. The Morgan fingerprint density at radius 2 is 1.81 bits per heavy atom. The van der Waals surface area contributed by atoms with Crippen LogP contribution in [0.5, 0.6) is 0 Å². The Labute approximate surface area is 92.4 Å². The molecule has 0 bridgehead atoms. The second kappa shape index (κ2) is 3.73. The molecule has 0 radical (unpaired) electrons. The van der Waals surface area contributed by atoms with Gasteiger partial charge in [0.2, 0.25) is 0 Å². The lowest BCUT2D eigenvalue weighted by atomic mass is 10.2. The Morgan fingerprint density at radius 3 is 2.62 bits per heavy atom. The number of hydrogen-bond acceptors (Lipinski definition) is 3. The molecular weight excluding hydrogens is 200 g/mol. The third-order valence-electron chi connectivity index (χ3n) is 2.45. The maximum absolute atomic E-state index is 4.49. The third-order valence-corrected chi connectivity index (χ3v) is 2.45. The molecule has 16 heavy (non-hydrogen) atoms. The summed E-state index contributed by atoms with van der Waals surface area (Å²) in [4.78, 5) is 15.8. The molecule has 0 fully saturated rings. The molecule has 78 valence electrons. The summed E-state index contributed by atoms with van der Waals surface area (Å²) in [6, 6.07) is 5.89. The number of hydrogen-bond donors (Lipinski definition) is 1. The van der Waals surface area contributed by atoms with Crippen molar-refractivity contribution in [2.45, 2.75) is 6.42 Å². The highest BCUT2D eigenvalue weighted by atomic mass is 14.9. The Kier molecular flexibility index (Phi) is 2.11. The largest absolute Gasteiger partial charge is 0.340 e. The fourth-order valence-electron chi connectivity index (χ4n) is 1.69. The fraction of sp³-hybridized carbons (Fsp3) is 0.0833. The monoisotopic (exact) mass is 210 g/mol. The first kappa shape index (κ1) is 9.03. The van der Waals surface area contributed by atoms with Crippen LogP contribution in [0.25, 0.3) is 11.0 Å². The van der Waals surface area contributed by atoms with E-state index in [0.717, 1.165) is 23.3 Å². The summed E-state index contributed by atoms with van der Waals surface area (Å²) in [5.74, 6) is 0.953. The molecule has 0 aromatic carbocycles. The molecule has 3 aromatic rings. The first-order chi connectivity index (χ1) is 7.92. The normalized spacial score (nSPS) is 10.8. The van der Waals surface area contributed by atoms with Crippen LogP contribution in [0.1, 0.15) is 11.4 Å². The van der Waals surface area contributed by atoms with E-state index in [2.05, 4.69) is 19.9 Å². The van der Waals surface area contributed by atoms with Crippen LogP contribution in [-0.2, 0) is 6.42 Å². The molecular formula is C12H10N4. The van der Waals surface area contributed by atoms with Crippen molar-refractivity contribution in [3.63, 3.8) is 0 Å². The topological polar surface area (TPSA) is 54.5 Å². The van der Waals surface area contributed by atoms with Crippen molar-refractivity contribution < 1.29 is 0 Å². The second-order valence-electron chi connectivity index (χ2n) is 3.61. The average molecular weight is 210 g/mol. The van der Waals surface area contributed by atoms with Gasteiger partial charge in [-0.2, -0.15) is 0 Å². The average Bonchev–Trinajstić information content (AvgIpc) is 2.72. The SMILES string of the molecule is c1cc(Cc2nc3ccncc3[nH]2)ccn1. The predicted molar refractivity (Wildman–Crippen MR) is 60.9 cm³/mol. The van der Waals surface area contributed by atoms with Crippen LogP contribution in [0.3, 0.4) is 0 Å². The summed E-state index contributed by atoms with van der Waals surface area (Å²) >= 11 is 0. The minimum absolute atomic E-state index is 0.789. The minimum Gasteiger partial charge on any atom is -0.340 e. The highest BCUT2D eigenvalue weighted by molar-refractivity contribution is 5.73. The number of H-pyrrole nitrogens is 1. The molecule has 3 rings (SSSR count). The first-order valence-electron chi connectivity index (χ1n) is 5.09. The summed E-state index contributed by atoms with van der Waals surface area (Å²) in [6.07, 6.45) is 7.91. The van der Waals surface area contributed by atoms with Gasteiger partial charge in [0.1, 0.15) is 5.82 Å². The van der Waals surface area contributed by atoms with Gasteiger partial charge in [-0.3, -0.25) is 9.97 Å². The number of fused-ring (bicyclic) bond motifs is 1. The van der Waals surface area contributed by atoms with Gasteiger partial charge in [-0.05, 0) is 23.8 Å². The van der Waals surface area contributed by atoms with Crippen molar-refractivity contribution in [2.24, 2.45) is 0 Å². The molecule has 0 saturated heterocycles. The number of imidazole rings is 1. The van der Waals surface area contributed by atoms with E-state index in [1.165, 1.54) is 5.56 Å². The van der Waals surface area contributed by atoms with Crippen molar-refractivity contribution in [2.75, 3.05) is 0 Å². The molecule has 0 aliphatic rings. The predicted octanol–water partition coefficient (Wildman–Crippen LogP) is 1.94. The standard InChI is InChI=1S/C12H10N4/c1-4-13-5-2-9(1)7-12-15-10-3-6-14-8-11(10)16-12/h1-6,8H,7H2,(H,15,16). The number of nitrogens with one attached hydrogen (secondary N) is 1. The summed E-state index contributed by atoms with van der Waals surface area (Å²) in [5, 5.41) is 0. The third kappa shape index (κ3) is 1.65. The zero-order valence-corrected chi connectivity index (χ0v) is 8.59. The maximum atomic E-state index is 4.49. The molecule has 0 spiro atoms. The van der Waals surface area contributed by atoms with E-state index in [0.29, 0.717) is 0 Å². The van der Waals surface area contributed by atoms with Crippen LogP contribution in [-0.4, -0.2) is 19.9 Å². The van der Waals surface area contributed by atoms with Gasteiger partial charge in [0.25, 0.3) is 0 Å². The summed E-state index contributed by atoms with van der Waals surface area (Å²) in [6.45, 7) is 0. The van der Waals surface area contributed by atoms with Gasteiger partial charge in [-0.15, -0.1) is 0 Å². The lowest BCUT2D eigenvalue weighted by Crippen LogP contribution is -1.90. The lowest BCUT2D eigenvalue weighted by Gasteiger charge is -1.95. The highest BCUT2D eigenvalue weighted by Gasteiger charge is 2.02. The van der Waals surface area contributed by atoms with Crippen molar-refractivity contribution in [3.8, 4) is 0 Å². The zero-order chi connectivity index (χ0) is 10.8. The minimum atomic E-state index is 0.789. The van der Waals surface area contributed by atoms with Crippen molar-refractivity contribution in [1.29, 1.82) is 0 Å². The molecule has 3 heterocycles. The molecule has 0 amide bonds. The van der Waals surface area contributed by atoms with Crippen molar-refractivity contribution >= 4 is 11.0 Å². The van der Waals surface area contributed by atoms with Gasteiger partial charge in [0.15, 0.2) is 0 Å². The van der Waals surface area contributed by atoms with Crippen LogP contribution in [0.2, 0.25) is 0 Å². The van der Waals surface area contributed by atoms with E-state index in [1.54, 1.807) is 24.8 Å². The van der Waals surface area contributed by atoms with E-state index < -0.39 is 0 Å². The van der Waals surface area contributed by atoms with Gasteiger partial charge in [-0.1, -0.05) is 0 Å². The molecule has 0 atom stereocenters. The van der Waals surface area contributed by atoms with E-state index in [4.69, 9.17) is 0 Å². The summed E-state index contributed by atoms with van der Waals surface area (Å²) in [7, 11) is 0. The van der Waals surface area contributed by atoms with E-state index in [-0.39, 0.29) is 0 Å². The second-order valence-corrected chi connectivity index (χ2v) is 3.61. The summed E-state index contributed by atoms with van der Waals surface area (Å²) in [5.41, 5.74) is 3.13. The molecule has 3 aromatic heterocycles. The molecule has 0 unspecified atom stereocenters. The fourth-order valence-corrected chi connectivity index (χ4v) is 1.69. The van der Waals surface area contributed by atoms with Crippen molar-refractivity contribution in [1.82, 2.24) is 19.9 Å². The van der Waals surface area contributed by atoms with Crippen LogP contribution >= 0.6 is 0 Å². The lowest BCUT2D eigenvalue weighted by molar-refractivity contribution is 1.03. The van der Waals surface area contributed by atoms with Crippen LogP contribution in [0, 0.1) is 0 Å². The maximum Gasteiger partial charge on any atom is 0.111 e. The Hall–Kier alpha value is -2.23. The zero-order valence-electron chi connectivity index (χ0n) is 8.59. The van der Waals surface area contributed by atoms with Crippen LogP contribution in [0.15, 0.2) is 43.0 Å². The molecule has 1 N–H and O–H groups in total. The summed E-state index contributed by atoms with van der Waals surface area (Å²) < 4.78 is 0. The molecule has 4 heteroatoms. The molecule has 0 aliphatic heterocycles. The first-order valence-corrected chi connectivity index (χ1v) is 5.09. The van der Waals surface area contributed by atoms with Gasteiger partial charge in [0, 0.05) is 25.0 Å². The number of rotatable bonds is 2. The molecule has 0 saturated carbocycles. The molecule has 4 nitrogen and oxygen atoms in total. The Morgan fingerprint density at radius 1 is 1.00 bits per heavy atom.